The van der Waals surface area contributed by atoms with Gasteiger partial charge in [-0.05, 0) is 36.8 Å². The molecule has 0 spiro atoms. The molecule has 1 heterocycles. The van der Waals surface area contributed by atoms with Crippen LogP contribution in [0.1, 0.15) is 19.4 Å². The van der Waals surface area contributed by atoms with E-state index in [1.165, 1.54) is 18.2 Å². The Morgan fingerprint density at radius 2 is 1.89 bits per heavy atom. The summed E-state index contributed by atoms with van der Waals surface area (Å²) in [5, 5.41) is 9.83. The maximum Gasteiger partial charge on any atom is 0.144 e. The molecule has 96 valence electrons. The molecule has 4 heteroatoms. The summed E-state index contributed by atoms with van der Waals surface area (Å²) >= 11 is 5.67. The highest BCUT2D eigenvalue weighted by atomic mass is 35.5. The molecule has 0 aliphatic rings. The minimum absolute atomic E-state index is 0.0141. The van der Waals surface area contributed by atoms with Crippen LogP contribution in [0.3, 0.4) is 0 Å². The fraction of sp³-hybridized carbons (Fsp3) is 0.214. The van der Waals surface area contributed by atoms with Crippen molar-refractivity contribution in [1.82, 2.24) is 4.98 Å². The van der Waals surface area contributed by atoms with Crippen LogP contribution in [0.25, 0.3) is 11.3 Å². The van der Waals surface area contributed by atoms with Gasteiger partial charge in [0.15, 0.2) is 0 Å². The Kier molecular flexibility index (Phi) is 5.10. The van der Waals surface area contributed by atoms with Gasteiger partial charge in [0.2, 0.25) is 0 Å². The molecule has 0 fully saturated rings. The van der Waals surface area contributed by atoms with Crippen LogP contribution in [-0.4, -0.2) is 10.1 Å². The van der Waals surface area contributed by atoms with Crippen LogP contribution >= 0.6 is 11.6 Å². The zero-order chi connectivity index (χ0) is 13.7. The number of aryl methyl sites for hydroxylation is 1. The Hall–Kier alpha value is -1.61. The van der Waals surface area contributed by atoms with Gasteiger partial charge in [0.25, 0.3) is 0 Å². The zero-order valence-electron chi connectivity index (χ0n) is 10.5. The van der Waals surface area contributed by atoms with Gasteiger partial charge in [0, 0.05) is 11.8 Å². The minimum Gasteiger partial charge on any atom is -0.505 e. The highest BCUT2D eigenvalue weighted by molar-refractivity contribution is 6.31. The van der Waals surface area contributed by atoms with E-state index in [1.807, 2.05) is 13.8 Å². The molecule has 1 aromatic carbocycles. The van der Waals surface area contributed by atoms with E-state index in [-0.39, 0.29) is 10.8 Å². The number of aromatic nitrogens is 1. The normalized spacial score (nSPS) is 9.61. The second-order valence-corrected chi connectivity index (χ2v) is 3.86. The fourth-order valence-electron chi connectivity index (χ4n) is 1.41. The van der Waals surface area contributed by atoms with Crippen molar-refractivity contribution in [3.63, 3.8) is 0 Å². The van der Waals surface area contributed by atoms with Gasteiger partial charge in [0.05, 0.1) is 5.02 Å². The first-order valence-corrected chi connectivity index (χ1v) is 6.07. The first-order chi connectivity index (χ1) is 8.59. The monoisotopic (exact) mass is 267 g/mol. The molecule has 1 N–H and O–H groups in total. The number of aromatic hydroxyl groups is 1. The fourth-order valence-corrected chi connectivity index (χ4v) is 1.59. The van der Waals surface area contributed by atoms with Crippen molar-refractivity contribution in [2.45, 2.75) is 20.8 Å². The van der Waals surface area contributed by atoms with Crippen LogP contribution in [0, 0.1) is 12.7 Å². The molecule has 18 heavy (non-hydrogen) atoms. The maximum absolute atomic E-state index is 13.0. The molecule has 0 bridgehead atoms. The summed E-state index contributed by atoms with van der Waals surface area (Å²) in [5.41, 5.74) is 1.71. The standard InChI is InChI=1S/C12H9ClFNO.C2H6/c1-7-4-5-15-11(12(7)16)8-2-3-10(14)9(13)6-8;1-2/h2-6,16H,1H3;1-2H3. The van der Waals surface area contributed by atoms with E-state index in [9.17, 15) is 9.50 Å². The summed E-state index contributed by atoms with van der Waals surface area (Å²) in [6.45, 7) is 5.77. The average molecular weight is 268 g/mol. The molecule has 2 rings (SSSR count). The molecule has 0 radical (unpaired) electrons. The molecule has 0 aliphatic heterocycles. The van der Waals surface area contributed by atoms with E-state index >= 15 is 0 Å². The molecule has 0 atom stereocenters. The van der Waals surface area contributed by atoms with Crippen molar-refractivity contribution < 1.29 is 9.50 Å². The summed E-state index contributed by atoms with van der Waals surface area (Å²) in [6.07, 6.45) is 1.58. The summed E-state index contributed by atoms with van der Waals surface area (Å²) in [7, 11) is 0. The van der Waals surface area contributed by atoms with Crippen LogP contribution < -0.4 is 0 Å². The lowest BCUT2D eigenvalue weighted by Gasteiger charge is -2.06. The highest BCUT2D eigenvalue weighted by Crippen LogP contribution is 2.31. The lowest BCUT2D eigenvalue weighted by molar-refractivity contribution is 0.471. The van der Waals surface area contributed by atoms with E-state index in [1.54, 1.807) is 19.2 Å². The van der Waals surface area contributed by atoms with Crippen LogP contribution in [0.2, 0.25) is 5.02 Å². The molecule has 0 aliphatic carbocycles. The highest BCUT2D eigenvalue weighted by Gasteiger charge is 2.09. The van der Waals surface area contributed by atoms with Gasteiger partial charge >= 0.3 is 0 Å². The van der Waals surface area contributed by atoms with Gasteiger partial charge < -0.3 is 5.11 Å². The molecule has 0 saturated heterocycles. The Labute approximate surface area is 111 Å². The molecule has 0 amide bonds. The quantitative estimate of drug-likeness (QED) is 0.820. The number of hydrogen-bond acceptors (Lipinski definition) is 2. The molecular weight excluding hydrogens is 253 g/mol. The van der Waals surface area contributed by atoms with E-state index in [4.69, 9.17) is 11.6 Å². The van der Waals surface area contributed by atoms with Gasteiger partial charge in [-0.25, -0.2) is 4.39 Å². The van der Waals surface area contributed by atoms with Crippen LogP contribution in [-0.2, 0) is 0 Å². The predicted molar refractivity (Wildman–Crippen MR) is 72.4 cm³/mol. The van der Waals surface area contributed by atoms with Crippen LogP contribution in [0.15, 0.2) is 30.5 Å². The van der Waals surface area contributed by atoms with Crippen molar-refractivity contribution in [1.29, 1.82) is 0 Å². The SMILES string of the molecule is CC.Cc1ccnc(-c2ccc(F)c(Cl)c2)c1O. The maximum atomic E-state index is 13.0. The average Bonchev–Trinajstić information content (AvgIpc) is 2.39. The molecule has 2 aromatic rings. The van der Waals surface area contributed by atoms with E-state index in [0.29, 0.717) is 16.8 Å². The van der Waals surface area contributed by atoms with E-state index in [0.717, 1.165) is 0 Å². The molecule has 2 nitrogen and oxygen atoms in total. The minimum atomic E-state index is -0.488. The molecular formula is C14H15ClFNO. The second-order valence-electron chi connectivity index (χ2n) is 3.45. The smallest absolute Gasteiger partial charge is 0.144 e. The molecule has 0 unspecified atom stereocenters. The Bertz CT molecular complexity index is 543. The third-order valence-corrected chi connectivity index (χ3v) is 2.61. The summed E-state index contributed by atoms with van der Waals surface area (Å²) in [4.78, 5) is 4.05. The summed E-state index contributed by atoms with van der Waals surface area (Å²) < 4.78 is 13.0. The largest absolute Gasteiger partial charge is 0.505 e. The topological polar surface area (TPSA) is 33.1 Å². The Morgan fingerprint density at radius 3 is 2.50 bits per heavy atom. The van der Waals surface area contributed by atoms with Crippen LogP contribution in [0.4, 0.5) is 4.39 Å². The first kappa shape index (κ1) is 14.5. The number of rotatable bonds is 1. The third kappa shape index (κ3) is 2.99. The number of nitrogens with zero attached hydrogens (tertiary/aromatic N) is 1. The van der Waals surface area contributed by atoms with Crippen LogP contribution in [0.5, 0.6) is 5.75 Å². The summed E-state index contributed by atoms with van der Waals surface area (Å²) in [6, 6.07) is 5.92. The van der Waals surface area contributed by atoms with E-state index in [2.05, 4.69) is 4.98 Å². The number of pyridine rings is 1. The van der Waals surface area contributed by atoms with Crippen molar-refractivity contribution in [3.8, 4) is 17.0 Å². The van der Waals surface area contributed by atoms with Gasteiger partial charge in [-0.3, -0.25) is 4.98 Å². The first-order valence-electron chi connectivity index (χ1n) is 5.69. The zero-order valence-corrected chi connectivity index (χ0v) is 11.3. The Morgan fingerprint density at radius 1 is 1.22 bits per heavy atom. The lowest BCUT2D eigenvalue weighted by atomic mass is 10.1. The predicted octanol–water partition coefficient (Wildman–Crippen LogP) is 4.58. The van der Waals surface area contributed by atoms with Gasteiger partial charge in [-0.2, -0.15) is 0 Å². The third-order valence-electron chi connectivity index (χ3n) is 2.32. The van der Waals surface area contributed by atoms with Gasteiger partial charge in [-0.1, -0.05) is 25.4 Å². The van der Waals surface area contributed by atoms with Crippen molar-refractivity contribution in [3.05, 3.63) is 46.9 Å². The Balaban J connectivity index is 0.000000771. The second kappa shape index (κ2) is 6.36. The summed E-state index contributed by atoms with van der Waals surface area (Å²) in [5.74, 6) is -0.400. The molecule has 0 saturated carbocycles. The lowest BCUT2D eigenvalue weighted by Crippen LogP contribution is -1.87. The van der Waals surface area contributed by atoms with Crippen molar-refractivity contribution >= 4 is 11.6 Å². The van der Waals surface area contributed by atoms with Crippen molar-refractivity contribution in [2.75, 3.05) is 0 Å². The number of benzene rings is 1. The number of halogens is 2. The van der Waals surface area contributed by atoms with Gasteiger partial charge in [0.1, 0.15) is 17.3 Å². The molecule has 1 aromatic heterocycles. The van der Waals surface area contributed by atoms with Gasteiger partial charge in [-0.15, -0.1) is 0 Å². The van der Waals surface area contributed by atoms with E-state index < -0.39 is 5.82 Å². The number of hydrogen-bond donors (Lipinski definition) is 1. The van der Waals surface area contributed by atoms with Crippen molar-refractivity contribution in [2.24, 2.45) is 0 Å².